The van der Waals surface area contributed by atoms with Crippen LogP contribution in [0.25, 0.3) is 10.2 Å². The highest BCUT2D eigenvalue weighted by Gasteiger charge is 2.30. The van der Waals surface area contributed by atoms with Crippen LogP contribution in [0.4, 0.5) is 13.2 Å². The number of hydrogen-bond acceptors (Lipinski definition) is 10. The van der Waals surface area contributed by atoms with Crippen LogP contribution in [-0.4, -0.2) is 54.1 Å². The number of methoxy groups -OCH3 is 1. The number of hydrogen-bond donors (Lipinski definition) is 2. The van der Waals surface area contributed by atoms with E-state index in [2.05, 4.69) is 20.6 Å². The molecule has 16 heteroatoms. The van der Waals surface area contributed by atoms with Crippen LogP contribution in [0, 0.1) is 5.92 Å². The Balaban J connectivity index is 1.40. The summed E-state index contributed by atoms with van der Waals surface area (Å²) < 4.78 is 74.7. The van der Waals surface area contributed by atoms with Gasteiger partial charge in [-0.3, -0.25) is 4.79 Å². The van der Waals surface area contributed by atoms with Gasteiger partial charge in [-0.25, -0.2) is 23.2 Å². The topological polar surface area (TPSA) is 151 Å². The Bertz CT molecular complexity index is 1640. The molecule has 2 heterocycles. The van der Waals surface area contributed by atoms with Crippen LogP contribution in [0.15, 0.2) is 53.0 Å². The maximum absolute atomic E-state index is 12.9. The van der Waals surface area contributed by atoms with E-state index in [1.807, 2.05) is 13.8 Å². The predicted molar refractivity (Wildman–Crippen MR) is 148 cm³/mol. The molecule has 226 valence electrons. The molecule has 4 aromatic rings. The van der Waals surface area contributed by atoms with Crippen LogP contribution < -0.4 is 15.2 Å². The summed E-state index contributed by atoms with van der Waals surface area (Å²) in [4.78, 5) is 16.5. The zero-order chi connectivity index (χ0) is 30.7. The normalized spacial score (nSPS) is 13.8. The Morgan fingerprint density at radius 3 is 2.50 bits per heavy atom. The number of rotatable bonds is 12. The number of nitrogens with one attached hydrogen (secondary N) is 1. The minimum atomic E-state index is -4.44. The number of benzene rings is 2. The largest absolute Gasteiger partial charge is 0.487 e. The summed E-state index contributed by atoms with van der Waals surface area (Å²) in [5, 5.41) is 16.7. The summed E-state index contributed by atoms with van der Waals surface area (Å²) >= 11 is 0.943. The first-order chi connectivity index (χ1) is 19.7. The van der Waals surface area contributed by atoms with E-state index < -0.39 is 33.8 Å². The lowest BCUT2D eigenvalue weighted by Gasteiger charge is -2.24. The van der Waals surface area contributed by atoms with E-state index in [0.29, 0.717) is 33.8 Å². The van der Waals surface area contributed by atoms with E-state index in [4.69, 9.17) is 14.6 Å². The molecule has 0 saturated heterocycles. The van der Waals surface area contributed by atoms with Crippen molar-refractivity contribution < 1.29 is 35.9 Å². The molecule has 2 atom stereocenters. The first kappa shape index (κ1) is 31.3. The Morgan fingerprint density at radius 2 is 1.88 bits per heavy atom. The molecule has 2 aromatic heterocycles. The van der Waals surface area contributed by atoms with Crippen molar-refractivity contribution in [3.63, 3.8) is 0 Å². The van der Waals surface area contributed by atoms with Crippen LogP contribution >= 0.6 is 11.3 Å². The van der Waals surface area contributed by atoms with Gasteiger partial charge in [0, 0.05) is 6.54 Å². The molecule has 0 unspecified atom stereocenters. The highest BCUT2D eigenvalue weighted by Crippen LogP contribution is 2.30. The number of primary sulfonamides is 1. The number of alkyl halides is 3. The maximum Gasteiger partial charge on any atom is 0.416 e. The highest BCUT2D eigenvalue weighted by atomic mass is 32.2. The van der Waals surface area contributed by atoms with Gasteiger partial charge in [0.15, 0.2) is 0 Å². The van der Waals surface area contributed by atoms with Gasteiger partial charge >= 0.3 is 12.1 Å². The smallest absolute Gasteiger partial charge is 0.416 e. The van der Waals surface area contributed by atoms with Crippen molar-refractivity contribution in [2.45, 2.75) is 49.5 Å². The third-order valence-electron chi connectivity index (χ3n) is 6.42. The summed E-state index contributed by atoms with van der Waals surface area (Å²) in [5.41, 5.74) is 0.798. The van der Waals surface area contributed by atoms with Crippen molar-refractivity contribution in [2.75, 3.05) is 13.7 Å². The molecule has 0 aliphatic rings. The molecule has 3 N–H and O–H groups in total. The van der Waals surface area contributed by atoms with E-state index >= 15 is 0 Å². The average molecular weight is 627 g/mol. The second-order valence-corrected chi connectivity index (χ2v) is 12.6. The Kier molecular flexibility index (Phi) is 9.50. The zero-order valence-electron chi connectivity index (χ0n) is 22.8. The standard InChI is InChI=1S/C26H29F3N6O5S2/c1-15(2)22(12-31-21(24(36)39-3)10-16-4-6-17(7-5-16)26(27,28)29)35-13-18(33-34-35)14-40-19-8-9-20-23(11-19)41-25(32-20)42(30,37)38/h4-9,11,13,15,21-22,31H,10,12,14H2,1-3H3,(H2,30,37,38)/t21-,22+/m0/s1. The number of halogens is 3. The summed E-state index contributed by atoms with van der Waals surface area (Å²) in [6.07, 6.45) is -2.59. The van der Waals surface area contributed by atoms with E-state index in [0.717, 1.165) is 23.5 Å². The van der Waals surface area contributed by atoms with Crippen molar-refractivity contribution in [3.05, 3.63) is 65.5 Å². The maximum atomic E-state index is 12.9. The molecule has 0 aliphatic carbocycles. The molecule has 0 amide bonds. The lowest BCUT2D eigenvalue weighted by molar-refractivity contribution is -0.143. The lowest BCUT2D eigenvalue weighted by Crippen LogP contribution is -2.43. The van der Waals surface area contributed by atoms with Crippen molar-refractivity contribution in [2.24, 2.45) is 11.1 Å². The first-order valence-corrected chi connectivity index (χ1v) is 15.0. The number of ether oxygens (including phenoxy) is 2. The summed E-state index contributed by atoms with van der Waals surface area (Å²) in [5.74, 6) is 0.00574. The molecule has 42 heavy (non-hydrogen) atoms. The van der Waals surface area contributed by atoms with Crippen molar-refractivity contribution in [1.82, 2.24) is 25.3 Å². The van der Waals surface area contributed by atoms with E-state index in [-0.39, 0.29) is 29.3 Å². The number of nitrogens with zero attached hydrogens (tertiary/aromatic N) is 4. The molecule has 0 fully saturated rings. The minimum Gasteiger partial charge on any atom is -0.487 e. The number of aromatic nitrogens is 4. The number of carbonyl (C=O) groups is 1. The fourth-order valence-electron chi connectivity index (χ4n) is 4.14. The number of esters is 1. The molecular formula is C26H29F3N6O5S2. The van der Waals surface area contributed by atoms with Gasteiger partial charge in [0.1, 0.15) is 24.1 Å². The second-order valence-electron chi connectivity index (χ2n) is 9.83. The lowest BCUT2D eigenvalue weighted by atomic mass is 10.0. The Hall–Kier alpha value is -3.60. The first-order valence-electron chi connectivity index (χ1n) is 12.7. The van der Waals surface area contributed by atoms with Crippen LogP contribution in [-0.2, 0) is 38.8 Å². The molecule has 0 saturated carbocycles. The third kappa shape index (κ3) is 7.81. The molecule has 0 bridgehead atoms. The minimum absolute atomic E-state index is 0.0686. The van der Waals surface area contributed by atoms with Gasteiger partial charge in [-0.05, 0) is 48.2 Å². The van der Waals surface area contributed by atoms with E-state index in [1.54, 1.807) is 29.1 Å². The highest BCUT2D eigenvalue weighted by molar-refractivity contribution is 7.91. The molecule has 11 nitrogen and oxygen atoms in total. The Labute approximate surface area is 243 Å². The SMILES string of the molecule is COC(=O)[C@H](Cc1ccc(C(F)(F)F)cc1)NC[C@H](C(C)C)n1cc(COc2ccc3nc(S(N)(=O)=O)sc3c2)nn1. The van der Waals surface area contributed by atoms with Crippen LogP contribution in [0.3, 0.4) is 0 Å². The molecule has 0 radical (unpaired) electrons. The van der Waals surface area contributed by atoms with Crippen LogP contribution in [0.5, 0.6) is 5.75 Å². The molecule has 4 rings (SSSR count). The van der Waals surface area contributed by atoms with Gasteiger partial charge in [-0.1, -0.05) is 31.2 Å². The van der Waals surface area contributed by atoms with Crippen LogP contribution in [0.1, 0.15) is 36.7 Å². The van der Waals surface area contributed by atoms with Gasteiger partial charge in [-0.2, -0.15) is 13.2 Å². The zero-order valence-corrected chi connectivity index (χ0v) is 24.5. The number of fused-ring (bicyclic) bond motifs is 1. The second kappa shape index (κ2) is 12.7. The van der Waals surface area contributed by atoms with E-state index in [9.17, 15) is 26.4 Å². The monoisotopic (exact) mass is 626 g/mol. The third-order valence-corrected chi connectivity index (χ3v) is 8.76. The Morgan fingerprint density at radius 1 is 1.17 bits per heavy atom. The quantitative estimate of drug-likeness (QED) is 0.224. The van der Waals surface area contributed by atoms with Gasteiger partial charge < -0.3 is 14.8 Å². The summed E-state index contributed by atoms with van der Waals surface area (Å²) in [6.45, 7) is 4.35. The number of carbonyl (C=O) groups excluding carboxylic acids is 1. The van der Waals surface area contributed by atoms with E-state index in [1.165, 1.54) is 19.2 Å². The van der Waals surface area contributed by atoms with Gasteiger partial charge in [0.2, 0.25) is 4.34 Å². The molecule has 0 aliphatic heterocycles. The molecule has 2 aromatic carbocycles. The number of thiazole rings is 1. The average Bonchev–Trinajstić information content (AvgIpc) is 3.57. The molecule has 0 spiro atoms. The van der Waals surface area contributed by atoms with Crippen molar-refractivity contribution >= 4 is 37.5 Å². The van der Waals surface area contributed by atoms with Gasteiger partial charge in [0.05, 0.1) is 35.1 Å². The predicted octanol–water partition coefficient (Wildman–Crippen LogP) is 3.70. The fraction of sp³-hybridized carbons (Fsp3) is 0.385. The van der Waals surface area contributed by atoms with Gasteiger partial charge in [-0.15, -0.1) is 16.4 Å². The van der Waals surface area contributed by atoms with Gasteiger partial charge in [0.25, 0.3) is 10.0 Å². The fourth-order valence-corrected chi connectivity index (χ4v) is 5.82. The van der Waals surface area contributed by atoms with Crippen molar-refractivity contribution in [3.8, 4) is 5.75 Å². The van der Waals surface area contributed by atoms with Crippen molar-refractivity contribution in [1.29, 1.82) is 0 Å². The summed E-state index contributed by atoms with van der Waals surface area (Å²) in [6, 6.07) is 8.59. The number of sulfonamides is 1. The molecular weight excluding hydrogens is 597 g/mol. The number of nitrogens with two attached hydrogens (primary N) is 1. The summed E-state index contributed by atoms with van der Waals surface area (Å²) in [7, 11) is -2.66. The van der Waals surface area contributed by atoms with Crippen LogP contribution in [0.2, 0.25) is 0 Å².